The summed E-state index contributed by atoms with van der Waals surface area (Å²) >= 11 is 1.78. The summed E-state index contributed by atoms with van der Waals surface area (Å²) < 4.78 is 0. The normalized spacial score (nSPS) is 12.9. The summed E-state index contributed by atoms with van der Waals surface area (Å²) in [6.07, 6.45) is 2.10. The third kappa shape index (κ3) is 3.26. The molecule has 1 N–H and O–H groups in total. The van der Waals surface area contributed by atoms with Gasteiger partial charge in [0.25, 0.3) is 0 Å². The molecule has 0 saturated carbocycles. The van der Waals surface area contributed by atoms with Crippen molar-refractivity contribution in [1.29, 1.82) is 0 Å². The topological polar surface area (TPSA) is 12.0 Å². The van der Waals surface area contributed by atoms with E-state index in [9.17, 15) is 0 Å². The minimum absolute atomic E-state index is 0.520. The Bertz CT molecular complexity index is 283. The molecule has 0 bridgehead atoms. The lowest BCUT2D eigenvalue weighted by Gasteiger charge is -2.19. The fraction of sp³-hybridized carbons (Fsp3) is 0.500. The summed E-state index contributed by atoms with van der Waals surface area (Å²) in [6, 6.07) is 9.08. The third-order valence-electron chi connectivity index (χ3n) is 2.46. The molecule has 1 nitrogen and oxygen atoms in total. The molecule has 1 aromatic rings. The summed E-state index contributed by atoms with van der Waals surface area (Å²) in [7, 11) is 0. The Labute approximate surface area is 91.3 Å². The summed E-state index contributed by atoms with van der Waals surface area (Å²) in [5.41, 5.74) is 1.22. The Morgan fingerprint density at radius 1 is 1.21 bits per heavy atom. The Morgan fingerprint density at radius 2 is 1.93 bits per heavy atom. The first-order valence-electron chi connectivity index (χ1n) is 5.04. The van der Waals surface area contributed by atoms with Gasteiger partial charge in [-0.15, -0.1) is 11.8 Å². The quantitative estimate of drug-likeness (QED) is 0.756. The molecule has 1 atom stereocenters. The molecule has 1 unspecified atom stereocenters. The van der Waals surface area contributed by atoms with Gasteiger partial charge >= 0.3 is 0 Å². The van der Waals surface area contributed by atoms with Crippen LogP contribution in [0.25, 0.3) is 0 Å². The number of anilines is 1. The zero-order valence-corrected chi connectivity index (χ0v) is 10.2. The smallest absolute Gasteiger partial charge is 0.0353 e. The molecule has 0 fully saturated rings. The predicted molar refractivity (Wildman–Crippen MR) is 66.1 cm³/mol. The van der Waals surface area contributed by atoms with Crippen LogP contribution in [-0.4, -0.2) is 12.3 Å². The highest BCUT2D eigenvalue weighted by atomic mass is 32.2. The van der Waals surface area contributed by atoms with Crippen LogP contribution in [0.2, 0.25) is 0 Å². The molecule has 0 heterocycles. The van der Waals surface area contributed by atoms with Crippen LogP contribution in [0.5, 0.6) is 0 Å². The van der Waals surface area contributed by atoms with E-state index in [1.54, 1.807) is 11.8 Å². The molecule has 0 saturated heterocycles. The van der Waals surface area contributed by atoms with Gasteiger partial charge in [0.05, 0.1) is 0 Å². The van der Waals surface area contributed by atoms with Crippen LogP contribution in [0.3, 0.4) is 0 Å². The molecular formula is C12H19NS. The monoisotopic (exact) mass is 209 g/mol. The molecule has 78 valence electrons. The van der Waals surface area contributed by atoms with Crippen molar-refractivity contribution in [2.45, 2.75) is 31.7 Å². The lowest BCUT2D eigenvalue weighted by Crippen LogP contribution is -2.21. The first-order chi connectivity index (χ1) is 6.63. The second-order valence-electron chi connectivity index (χ2n) is 3.91. The minimum Gasteiger partial charge on any atom is -0.382 e. The molecule has 0 radical (unpaired) electrons. The third-order valence-corrected chi connectivity index (χ3v) is 3.19. The zero-order chi connectivity index (χ0) is 10.6. The molecular weight excluding hydrogens is 190 g/mol. The highest BCUT2D eigenvalue weighted by Crippen LogP contribution is 2.20. The van der Waals surface area contributed by atoms with E-state index in [-0.39, 0.29) is 0 Å². The van der Waals surface area contributed by atoms with E-state index in [4.69, 9.17) is 0 Å². The molecule has 1 rings (SSSR count). The van der Waals surface area contributed by atoms with Gasteiger partial charge in [-0.3, -0.25) is 0 Å². The van der Waals surface area contributed by atoms with Crippen molar-refractivity contribution in [2.24, 2.45) is 5.92 Å². The number of thioether (sulfide) groups is 1. The molecule has 14 heavy (non-hydrogen) atoms. The van der Waals surface area contributed by atoms with Crippen molar-refractivity contribution < 1.29 is 0 Å². The first-order valence-corrected chi connectivity index (χ1v) is 6.26. The fourth-order valence-electron chi connectivity index (χ4n) is 1.14. The van der Waals surface area contributed by atoms with Gasteiger partial charge in [0, 0.05) is 16.6 Å². The second kappa shape index (κ2) is 5.30. The van der Waals surface area contributed by atoms with E-state index in [1.165, 1.54) is 10.6 Å². The maximum Gasteiger partial charge on any atom is 0.0353 e. The SMILES string of the molecule is CSc1cccc(NC(C)C(C)C)c1. The molecule has 1 aromatic carbocycles. The van der Waals surface area contributed by atoms with Gasteiger partial charge in [-0.1, -0.05) is 19.9 Å². The van der Waals surface area contributed by atoms with E-state index < -0.39 is 0 Å². The largest absolute Gasteiger partial charge is 0.382 e. The standard InChI is InChI=1S/C12H19NS/c1-9(2)10(3)13-11-6-5-7-12(8-11)14-4/h5-10,13H,1-4H3. The highest BCUT2D eigenvalue weighted by molar-refractivity contribution is 7.98. The van der Waals surface area contributed by atoms with Crippen LogP contribution in [0.4, 0.5) is 5.69 Å². The van der Waals surface area contributed by atoms with E-state index in [0.29, 0.717) is 12.0 Å². The maximum absolute atomic E-state index is 3.50. The van der Waals surface area contributed by atoms with Gasteiger partial charge < -0.3 is 5.32 Å². The molecule has 0 aliphatic carbocycles. The highest BCUT2D eigenvalue weighted by Gasteiger charge is 2.06. The van der Waals surface area contributed by atoms with Crippen molar-refractivity contribution in [1.82, 2.24) is 0 Å². The zero-order valence-electron chi connectivity index (χ0n) is 9.37. The molecule has 0 amide bonds. The number of rotatable bonds is 4. The Hall–Kier alpha value is -0.630. The maximum atomic E-state index is 3.50. The van der Waals surface area contributed by atoms with Crippen LogP contribution in [0, 0.1) is 5.92 Å². The Balaban J connectivity index is 2.66. The van der Waals surface area contributed by atoms with Gasteiger partial charge in [-0.25, -0.2) is 0 Å². The molecule has 2 heteroatoms. The predicted octanol–water partition coefficient (Wildman–Crippen LogP) is 3.86. The van der Waals surface area contributed by atoms with Crippen LogP contribution >= 0.6 is 11.8 Å². The lowest BCUT2D eigenvalue weighted by molar-refractivity contribution is 0.560. The summed E-state index contributed by atoms with van der Waals surface area (Å²) in [6.45, 7) is 6.68. The number of nitrogens with one attached hydrogen (secondary N) is 1. The van der Waals surface area contributed by atoms with Crippen molar-refractivity contribution in [2.75, 3.05) is 11.6 Å². The average molecular weight is 209 g/mol. The molecule has 0 aliphatic heterocycles. The Kier molecular flexibility index (Phi) is 4.33. The van der Waals surface area contributed by atoms with Crippen molar-refractivity contribution in [3.63, 3.8) is 0 Å². The lowest BCUT2D eigenvalue weighted by atomic mass is 10.1. The van der Waals surface area contributed by atoms with Crippen LogP contribution in [0.1, 0.15) is 20.8 Å². The minimum atomic E-state index is 0.520. The van der Waals surface area contributed by atoms with E-state index in [2.05, 4.69) is 56.6 Å². The van der Waals surface area contributed by atoms with Gasteiger partial charge in [0.2, 0.25) is 0 Å². The summed E-state index contributed by atoms with van der Waals surface area (Å²) in [5, 5.41) is 3.50. The number of hydrogen-bond acceptors (Lipinski definition) is 2. The van der Waals surface area contributed by atoms with E-state index >= 15 is 0 Å². The van der Waals surface area contributed by atoms with Gasteiger partial charge in [-0.05, 0) is 37.3 Å². The second-order valence-corrected chi connectivity index (χ2v) is 4.79. The fourth-order valence-corrected chi connectivity index (χ4v) is 1.60. The molecule has 0 aromatic heterocycles. The molecule has 0 aliphatic rings. The van der Waals surface area contributed by atoms with Crippen molar-refractivity contribution >= 4 is 17.4 Å². The van der Waals surface area contributed by atoms with Crippen molar-refractivity contribution in [3.8, 4) is 0 Å². The summed E-state index contributed by atoms with van der Waals surface area (Å²) in [4.78, 5) is 1.31. The van der Waals surface area contributed by atoms with Crippen LogP contribution in [-0.2, 0) is 0 Å². The molecule has 0 spiro atoms. The van der Waals surface area contributed by atoms with Gasteiger partial charge in [-0.2, -0.15) is 0 Å². The van der Waals surface area contributed by atoms with Crippen LogP contribution < -0.4 is 5.32 Å². The number of hydrogen-bond donors (Lipinski definition) is 1. The first kappa shape index (κ1) is 11.4. The average Bonchev–Trinajstić information content (AvgIpc) is 2.18. The van der Waals surface area contributed by atoms with Gasteiger partial charge in [0.15, 0.2) is 0 Å². The number of benzene rings is 1. The van der Waals surface area contributed by atoms with Crippen molar-refractivity contribution in [3.05, 3.63) is 24.3 Å². The Morgan fingerprint density at radius 3 is 2.50 bits per heavy atom. The summed E-state index contributed by atoms with van der Waals surface area (Å²) in [5.74, 6) is 0.660. The van der Waals surface area contributed by atoms with E-state index in [1.807, 2.05) is 0 Å². The van der Waals surface area contributed by atoms with Gasteiger partial charge in [0.1, 0.15) is 0 Å². The van der Waals surface area contributed by atoms with E-state index in [0.717, 1.165) is 0 Å². The van der Waals surface area contributed by atoms with Crippen LogP contribution in [0.15, 0.2) is 29.2 Å².